The van der Waals surface area contributed by atoms with Crippen LogP contribution in [0.3, 0.4) is 0 Å². The van der Waals surface area contributed by atoms with E-state index in [9.17, 15) is 4.79 Å². The molecule has 2 atom stereocenters. The number of nitrogens with one attached hydrogen (secondary N) is 2. The Morgan fingerprint density at radius 3 is 3.17 bits per heavy atom. The maximum atomic E-state index is 12.7. The van der Waals surface area contributed by atoms with Crippen LogP contribution in [0.15, 0.2) is 36.9 Å². The highest BCUT2D eigenvalue weighted by molar-refractivity contribution is 6.05. The Kier molecular flexibility index (Phi) is 3.78. The molecule has 1 aromatic carbocycles. The average molecular weight is 325 g/mol. The van der Waals surface area contributed by atoms with Crippen LogP contribution in [0.4, 0.5) is 0 Å². The van der Waals surface area contributed by atoms with Gasteiger partial charge in [-0.1, -0.05) is 12.1 Å². The number of aromatic amines is 1. The van der Waals surface area contributed by atoms with Gasteiger partial charge in [0.05, 0.1) is 35.5 Å². The van der Waals surface area contributed by atoms with Gasteiger partial charge in [0.15, 0.2) is 0 Å². The average Bonchev–Trinajstić information content (AvgIpc) is 3.23. The molecule has 7 heteroatoms. The van der Waals surface area contributed by atoms with E-state index in [2.05, 4.69) is 20.5 Å². The second-order valence-electron chi connectivity index (χ2n) is 6.12. The van der Waals surface area contributed by atoms with E-state index < -0.39 is 0 Å². The van der Waals surface area contributed by atoms with E-state index in [1.165, 1.54) is 0 Å². The van der Waals surface area contributed by atoms with Crippen molar-refractivity contribution in [3.05, 3.63) is 48.2 Å². The predicted molar refractivity (Wildman–Crippen MR) is 88.5 cm³/mol. The normalized spacial score (nSPS) is 21.0. The topological polar surface area (TPSA) is 84.8 Å². The number of rotatable bonds is 3. The maximum absolute atomic E-state index is 12.7. The lowest BCUT2D eigenvalue weighted by molar-refractivity contribution is -0.00300. The molecule has 2 aromatic heterocycles. The van der Waals surface area contributed by atoms with Gasteiger partial charge in [-0.15, -0.1) is 0 Å². The highest BCUT2D eigenvalue weighted by atomic mass is 16.5. The summed E-state index contributed by atoms with van der Waals surface area (Å²) in [6, 6.07) is 5.69. The molecule has 0 saturated carbocycles. The molecule has 0 aliphatic carbocycles. The zero-order valence-electron chi connectivity index (χ0n) is 13.4. The molecule has 1 fully saturated rings. The number of imidazole rings is 1. The Labute approximate surface area is 139 Å². The Balaban J connectivity index is 1.49. The molecular weight excluding hydrogens is 306 g/mol. The highest BCUT2D eigenvalue weighted by Crippen LogP contribution is 2.28. The number of carbonyl (C=O) groups excluding carboxylic acids is 1. The lowest BCUT2D eigenvalue weighted by atomic mass is 10.0. The van der Waals surface area contributed by atoms with Crippen molar-refractivity contribution in [2.75, 3.05) is 6.61 Å². The van der Waals surface area contributed by atoms with Crippen LogP contribution in [-0.4, -0.2) is 38.3 Å². The molecule has 1 amide bonds. The van der Waals surface area contributed by atoms with Crippen molar-refractivity contribution in [2.24, 2.45) is 7.05 Å². The number of aryl methyl sites for hydroxylation is 1. The molecule has 24 heavy (non-hydrogen) atoms. The summed E-state index contributed by atoms with van der Waals surface area (Å²) in [6.07, 6.45) is 6.81. The molecule has 0 bridgehead atoms. The van der Waals surface area contributed by atoms with Crippen molar-refractivity contribution in [1.82, 2.24) is 25.1 Å². The highest BCUT2D eigenvalue weighted by Gasteiger charge is 2.27. The number of ether oxygens (including phenoxy) is 1. The van der Waals surface area contributed by atoms with Crippen LogP contribution in [0, 0.1) is 0 Å². The second kappa shape index (κ2) is 6.09. The van der Waals surface area contributed by atoms with E-state index >= 15 is 0 Å². The van der Waals surface area contributed by atoms with Gasteiger partial charge < -0.3 is 14.6 Å². The number of hydrogen-bond acceptors (Lipinski definition) is 4. The minimum Gasteiger partial charge on any atom is -0.372 e. The summed E-state index contributed by atoms with van der Waals surface area (Å²) in [5.41, 5.74) is 2.42. The molecule has 0 unspecified atom stereocenters. The molecule has 3 aromatic rings. The number of amides is 1. The van der Waals surface area contributed by atoms with Crippen LogP contribution in [0.25, 0.3) is 10.9 Å². The lowest BCUT2D eigenvalue weighted by Crippen LogP contribution is -2.40. The Morgan fingerprint density at radius 2 is 2.33 bits per heavy atom. The van der Waals surface area contributed by atoms with Crippen LogP contribution in [-0.2, 0) is 11.8 Å². The largest absolute Gasteiger partial charge is 0.372 e. The number of nitrogens with zero attached hydrogens (tertiary/aromatic N) is 3. The fourth-order valence-electron chi connectivity index (χ4n) is 3.23. The minimum absolute atomic E-state index is 0.0421. The first-order chi connectivity index (χ1) is 11.7. The van der Waals surface area contributed by atoms with Crippen molar-refractivity contribution in [2.45, 2.75) is 25.0 Å². The summed E-state index contributed by atoms with van der Waals surface area (Å²) >= 11 is 0. The Bertz CT molecular complexity index is 869. The van der Waals surface area contributed by atoms with E-state index in [-0.39, 0.29) is 18.1 Å². The maximum Gasteiger partial charge on any atom is 0.253 e. The molecule has 1 saturated heterocycles. The van der Waals surface area contributed by atoms with Gasteiger partial charge in [-0.25, -0.2) is 4.98 Å². The van der Waals surface area contributed by atoms with Gasteiger partial charge in [-0.2, -0.15) is 5.10 Å². The first-order valence-corrected chi connectivity index (χ1v) is 8.03. The lowest BCUT2D eigenvalue weighted by Gasteiger charge is -2.30. The number of carbonyl (C=O) groups is 1. The fourth-order valence-corrected chi connectivity index (χ4v) is 3.23. The van der Waals surface area contributed by atoms with Crippen LogP contribution in [0.1, 0.15) is 35.0 Å². The SMILES string of the molecule is Cn1cncc1[C@H]1C[C@@H](NC(=O)c2cccc3cn[nH]c23)CCO1. The van der Waals surface area contributed by atoms with Crippen molar-refractivity contribution >= 4 is 16.8 Å². The van der Waals surface area contributed by atoms with E-state index in [0.717, 1.165) is 29.4 Å². The van der Waals surface area contributed by atoms with Crippen molar-refractivity contribution in [1.29, 1.82) is 0 Å². The Morgan fingerprint density at radius 1 is 1.42 bits per heavy atom. The molecule has 1 aliphatic heterocycles. The van der Waals surface area contributed by atoms with E-state index in [1.54, 1.807) is 12.5 Å². The Hall–Kier alpha value is -2.67. The minimum atomic E-state index is -0.0829. The molecule has 1 aliphatic rings. The first kappa shape index (κ1) is 14.9. The monoisotopic (exact) mass is 325 g/mol. The van der Waals surface area contributed by atoms with E-state index in [4.69, 9.17) is 4.74 Å². The summed E-state index contributed by atoms with van der Waals surface area (Å²) in [5.74, 6) is -0.0829. The number of H-pyrrole nitrogens is 1. The van der Waals surface area contributed by atoms with Gasteiger partial charge in [-0.3, -0.25) is 9.89 Å². The van der Waals surface area contributed by atoms with Gasteiger partial charge in [0, 0.05) is 25.1 Å². The van der Waals surface area contributed by atoms with Crippen LogP contribution < -0.4 is 5.32 Å². The van der Waals surface area contributed by atoms with Crippen LogP contribution in [0.5, 0.6) is 0 Å². The van der Waals surface area contributed by atoms with Gasteiger partial charge >= 0.3 is 0 Å². The molecule has 0 spiro atoms. The van der Waals surface area contributed by atoms with Crippen LogP contribution in [0.2, 0.25) is 0 Å². The molecule has 4 rings (SSSR count). The smallest absolute Gasteiger partial charge is 0.253 e. The van der Waals surface area contributed by atoms with E-state index in [1.807, 2.05) is 36.0 Å². The number of para-hydroxylation sites is 1. The third-order valence-corrected chi connectivity index (χ3v) is 4.52. The number of benzene rings is 1. The van der Waals surface area contributed by atoms with Gasteiger partial charge in [0.1, 0.15) is 6.10 Å². The third kappa shape index (κ3) is 2.67. The van der Waals surface area contributed by atoms with Crippen LogP contribution >= 0.6 is 0 Å². The van der Waals surface area contributed by atoms with Gasteiger partial charge in [0.2, 0.25) is 0 Å². The summed E-state index contributed by atoms with van der Waals surface area (Å²) < 4.78 is 7.81. The third-order valence-electron chi connectivity index (χ3n) is 4.52. The molecule has 124 valence electrons. The molecular formula is C17H19N5O2. The summed E-state index contributed by atoms with van der Waals surface area (Å²) in [7, 11) is 1.95. The second-order valence-corrected chi connectivity index (χ2v) is 6.12. The summed E-state index contributed by atoms with van der Waals surface area (Å²) in [6.45, 7) is 0.620. The molecule has 0 radical (unpaired) electrons. The van der Waals surface area contributed by atoms with Gasteiger partial charge in [-0.05, 0) is 18.9 Å². The standard InChI is InChI=1S/C17H19N5O2/c1-22-10-18-9-14(22)15-7-12(5-6-24-15)20-17(23)13-4-2-3-11-8-19-21-16(11)13/h2-4,8-10,12,15H,5-7H2,1H3,(H,19,21)(H,20,23)/t12-,15+/m0/s1. The zero-order chi connectivity index (χ0) is 16.5. The van der Waals surface area contributed by atoms with E-state index in [0.29, 0.717) is 12.2 Å². The fraction of sp³-hybridized carbons (Fsp3) is 0.353. The number of aromatic nitrogens is 4. The first-order valence-electron chi connectivity index (χ1n) is 8.03. The number of fused-ring (bicyclic) bond motifs is 1. The molecule has 3 heterocycles. The van der Waals surface area contributed by atoms with Gasteiger partial charge in [0.25, 0.3) is 5.91 Å². The zero-order valence-corrected chi connectivity index (χ0v) is 13.4. The number of hydrogen-bond donors (Lipinski definition) is 2. The quantitative estimate of drug-likeness (QED) is 0.771. The van der Waals surface area contributed by atoms with Crippen molar-refractivity contribution < 1.29 is 9.53 Å². The van der Waals surface area contributed by atoms with Crippen molar-refractivity contribution in [3.63, 3.8) is 0 Å². The molecule has 2 N–H and O–H groups in total. The summed E-state index contributed by atoms with van der Waals surface area (Å²) in [5, 5.41) is 11.0. The summed E-state index contributed by atoms with van der Waals surface area (Å²) in [4.78, 5) is 16.8. The predicted octanol–water partition coefficient (Wildman–Crippen LogP) is 1.95. The molecule has 7 nitrogen and oxygen atoms in total. The van der Waals surface area contributed by atoms with Crippen molar-refractivity contribution in [3.8, 4) is 0 Å².